The predicted molar refractivity (Wildman–Crippen MR) is 111 cm³/mol. The summed E-state index contributed by atoms with van der Waals surface area (Å²) < 4.78 is 4.22. The molecular formula is C20H27Cl3N2O2. The molecule has 0 bridgehead atoms. The number of carbonyl (C=O) groups is 1. The van der Waals surface area contributed by atoms with Gasteiger partial charge in [-0.15, -0.1) is 0 Å². The molecule has 3 atom stereocenters. The maximum Gasteiger partial charge on any atom is 0.253 e. The third-order valence-corrected chi connectivity index (χ3v) is 6.17. The predicted octanol–water partition coefficient (Wildman–Crippen LogP) is 4.70. The Morgan fingerprint density at radius 3 is 2.59 bits per heavy atom. The number of aryl methyl sites for hydroxylation is 1. The van der Waals surface area contributed by atoms with Gasteiger partial charge in [-0.2, -0.15) is 0 Å². The van der Waals surface area contributed by atoms with E-state index >= 15 is 0 Å². The van der Waals surface area contributed by atoms with Gasteiger partial charge in [0.15, 0.2) is 6.23 Å². The van der Waals surface area contributed by atoms with Crippen LogP contribution in [0.2, 0.25) is 0 Å². The molecule has 2 saturated heterocycles. The second-order valence-corrected chi connectivity index (χ2v) is 9.96. The first-order valence-electron chi connectivity index (χ1n) is 9.64. The summed E-state index contributed by atoms with van der Waals surface area (Å²) in [6.45, 7) is 4.78. The zero-order chi connectivity index (χ0) is 19.4. The van der Waals surface area contributed by atoms with Gasteiger partial charge in [0.25, 0.3) is 5.91 Å². The van der Waals surface area contributed by atoms with Crippen LogP contribution in [0.25, 0.3) is 0 Å². The van der Waals surface area contributed by atoms with E-state index in [4.69, 9.17) is 39.5 Å². The highest BCUT2D eigenvalue weighted by atomic mass is 35.6. The highest BCUT2D eigenvalue weighted by molar-refractivity contribution is 6.68. The molecule has 1 aromatic rings. The average molecular weight is 434 g/mol. The lowest BCUT2D eigenvalue weighted by molar-refractivity contribution is -0.0325. The maximum absolute atomic E-state index is 12.5. The Bertz CT molecular complexity index is 631. The third-order valence-electron chi connectivity index (χ3n) is 5.58. The standard InChI is InChI=1S/C20H27Cl3N2O2/c1-14-7-9-15(10-8-14)18(26)24-19(20(21,22)23)27-13-16-5-4-12-25-11-3-2-6-17(16)25/h7-10,16-17,19H,2-6,11-13H2,1H3,(H,24,26)/t16-,17+,19-/m0/s1. The fourth-order valence-electron chi connectivity index (χ4n) is 4.12. The van der Waals surface area contributed by atoms with Gasteiger partial charge in [0.1, 0.15) is 0 Å². The Balaban J connectivity index is 1.61. The Hall–Kier alpha value is -0.520. The van der Waals surface area contributed by atoms with Gasteiger partial charge in [-0.1, -0.05) is 58.9 Å². The number of rotatable bonds is 5. The maximum atomic E-state index is 12.5. The van der Waals surface area contributed by atoms with Crippen LogP contribution in [0.15, 0.2) is 24.3 Å². The summed E-state index contributed by atoms with van der Waals surface area (Å²) in [6.07, 6.45) is 5.01. The van der Waals surface area contributed by atoms with E-state index in [0.717, 1.165) is 12.0 Å². The molecule has 2 aliphatic rings. The number of alkyl halides is 3. The largest absolute Gasteiger partial charge is 0.354 e. The van der Waals surface area contributed by atoms with E-state index in [1.54, 1.807) is 12.1 Å². The van der Waals surface area contributed by atoms with E-state index in [1.165, 1.54) is 38.8 Å². The molecule has 1 aromatic carbocycles. The number of nitrogens with one attached hydrogen (secondary N) is 1. The molecule has 1 N–H and O–H groups in total. The van der Waals surface area contributed by atoms with E-state index in [9.17, 15) is 4.79 Å². The summed E-state index contributed by atoms with van der Waals surface area (Å²) in [5, 5.41) is 2.73. The number of nitrogens with zero attached hydrogens (tertiary/aromatic N) is 1. The smallest absolute Gasteiger partial charge is 0.253 e. The molecule has 1 amide bonds. The molecular weight excluding hydrogens is 407 g/mol. The lowest BCUT2D eigenvalue weighted by atomic mass is 9.84. The molecule has 4 nitrogen and oxygen atoms in total. The summed E-state index contributed by atoms with van der Waals surface area (Å²) in [5.41, 5.74) is 1.59. The summed E-state index contributed by atoms with van der Waals surface area (Å²) in [5.74, 6) is 0.0967. The Morgan fingerprint density at radius 2 is 1.89 bits per heavy atom. The fraction of sp³-hybridized carbons (Fsp3) is 0.650. The van der Waals surface area contributed by atoms with Crippen molar-refractivity contribution >= 4 is 40.7 Å². The lowest BCUT2D eigenvalue weighted by Gasteiger charge is -2.44. The number of halogens is 3. The summed E-state index contributed by atoms with van der Waals surface area (Å²) in [4.78, 5) is 15.1. The first kappa shape index (κ1) is 21.2. The summed E-state index contributed by atoms with van der Waals surface area (Å²) in [7, 11) is 0. The second kappa shape index (κ2) is 9.32. The van der Waals surface area contributed by atoms with Gasteiger partial charge in [-0.05, 0) is 63.7 Å². The number of amides is 1. The Labute approximate surface area is 176 Å². The van der Waals surface area contributed by atoms with Crippen LogP contribution in [0.1, 0.15) is 48.0 Å². The van der Waals surface area contributed by atoms with Crippen LogP contribution in [0.5, 0.6) is 0 Å². The first-order valence-corrected chi connectivity index (χ1v) is 10.8. The van der Waals surface area contributed by atoms with Crippen molar-refractivity contribution in [2.24, 2.45) is 5.92 Å². The van der Waals surface area contributed by atoms with Crippen LogP contribution in [-0.4, -0.2) is 46.6 Å². The highest BCUT2D eigenvalue weighted by Gasteiger charge is 2.38. The van der Waals surface area contributed by atoms with Crippen molar-refractivity contribution in [1.29, 1.82) is 0 Å². The first-order chi connectivity index (χ1) is 12.8. The van der Waals surface area contributed by atoms with Crippen LogP contribution in [0, 0.1) is 12.8 Å². The van der Waals surface area contributed by atoms with Gasteiger partial charge >= 0.3 is 0 Å². The number of piperidine rings is 2. The van der Waals surface area contributed by atoms with Crippen molar-refractivity contribution < 1.29 is 9.53 Å². The van der Waals surface area contributed by atoms with Gasteiger partial charge in [-0.3, -0.25) is 4.79 Å². The van der Waals surface area contributed by atoms with Crippen molar-refractivity contribution in [2.45, 2.75) is 55.1 Å². The zero-order valence-corrected chi connectivity index (χ0v) is 17.9. The van der Waals surface area contributed by atoms with Gasteiger partial charge in [0.05, 0.1) is 6.61 Å². The van der Waals surface area contributed by atoms with Gasteiger partial charge < -0.3 is 15.0 Å². The van der Waals surface area contributed by atoms with E-state index in [-0.39, 0.29) is 5.91 Å². The minimum atomic E-state index is -1.73. The number of benzene rings is 1. The van der Waals surface area contributed by atoms with E-state index in [1.807, 2.05) is 19.1 Å². The molecule has 0 aromatic heterocycles. The minimum absolute atomic E-state index is 0.311. The molecule has 27 heavy (non-hydrogen) atoms. The molecule has 0 radical (unpaired) electrons. The van der Waals surface area contributed by atoms with E-state index in [2.05, 4.69) is 10.2 Å². The molecule has 7 heteroatoms. The number of hydrogen-bond donors (Lipinski definition) is 1. The van der Waals surface area contributed by atoms with E-state index in [0.29, 0.717) is 24.1 Å². The van der Waals surface area contributed by atoms with E-state index < -0.39 is 10.0 Å². The van der Waals surface area contributed by atoms with Crippen LogP contribution in [0.3, 0.4) is 0 Å². The number of hydrogen-bond acceptors (Lipinski definition) is 3. The van der Waals surface area contributed by atoms with Crippen LogP contribution >= 0.6 is 34.8 Å². The van der Waals surface area contributed by atoms with Crippen LogP contribution in [0.4, 0.5) is 0 Å². The summed E-state index contributed by atoms with van der Waals surface area (Å²) >= 11 is 18.3. The molecule has 0 unspecified atom stereocenters. The SMILES string of the molecule is Cc1ccc(C(=O)N[C@@H](OC[C@@H]2CCCN3CCCC[C@H]23)C(Cl)(Cl)Cl)cc1. The van der Waals surface area contributed by atoms with Crippen molar-refractivity contribution in [3.05, 3.63) is 35.4 Å². The summed E-state index contributed by atoms with van der Waals surface area (Å²) in [6, 6.07) is 7.79. The highest BCUT2D eigenvalue weighted by Crippen LogP contribution is 2.34. The van der Waals surface area contributed by atoms with Gasteiger partial charge in [0.2, 0.25) is 3.79 Å². The van der Waals surface area contributed by atoms with Crippen LogP contribution < -0.4 is 5.32 Å². The van der Waals surface area contributed by atoms with Crippen molar-refractivity contribution in [3.8, 4) is 0 Å². The number of carbonyl (C=O) groups excluding carboxylic acids is 1. The van der Waals surface area contributed by atoms with Crippen molar-refractivity contribution in [2.75, 3.05) is 19.7 Å². The zero-order valence-electron chi connectivity index (χ0n) is 15.6. The second-order valence-electron chi connectivity index (χ2n) is 7.60. The molecule has 2 heterocycles. The van der Waals surface area contributed by atoms with Crippen LogP contribution in [-0.2, 0) is 4.74 Å². The van der Waals surface area contributed by atoms with Crippen molar-refractivity contribution in [3.63, 3.8) is 0 Å². The molecule has 150 valence electrons. The molecule has 0 saturated carbocycles. The topological polar surface area (TPSA) is 41.6 Å². The molecule has 0 spiro atoms. The number of ether oxygens (including phenoxy) is 1. The third kappa shape index (κ3) is 5.74. The lowest BCUT2D eigenvalue weighted by Crippen LogP contribution is -2.51. The monoisotopic (exact) mass is 432 g/mol. The number of fused-ring (bicyclic) bond motifs is 1. The Morgan fingerprint density at radius 1 is 1.19 bits per heavy atom. The normalized spacial score (nSPS) is 24.9. The minimum Gasteiger partial charge on any atom is -0.354 e. The quantitative estimate of drug-likeness (QED) is 0.540. The van der Waals surface area contributed by atoms with Gasteiger partial charge in [0, 0.05) is 11.6 Å². The Kier molecular flexibility index (Phi) is 7.32. The molecule has 2 fully saturated rings. The van der Waals surface area contributed by atoms with Crippen molar-refractivity contribution in [1.82, 2.24) is 10.2 Å². The van der Waals surface area contributed by atoms with Gasteiger partial charge in [-0.25, -0.2) is 0 Å². The fourth-order valence-corrected chi connectivity index (χ4v) is 4.47. The molecule has 2 aliphatic heterocycles. The molecule has 0 aliphatic carbocycles. The molecule has 3 rings (SSSR count). The average Bonchev–Trinajstić information content (AvgIpc) is 2.64.